The Morgan fingerprint density at radius 3 is 2.44 bits per heavy atom. The average Bonchev–Trinajstić information content (AvgIpc) is 2.21. The van der Waals surface area contributed by atoms with Crippen LogP contribution in [0.2, 0.25) is 5.02 Å². The van der Waals surface area contributed by atoms with Crippen LogP contribution < -0.4 is 11.1 Å². The molecule has 1 amide bonds. The van der Waals surface area contributed by atoms with Crippen LogP contribution in [0.1, 0.15) is 6.92 Å². The standard InChI is InChI=1S/C10H9BrClF3N2O/c1-9(16,10(13,14)15)8(18)17-5-2-3-6(11)7(12)4-5/h2-4H,16H2,1H3,(H,17,18). The fourth-order valence-corrected chi connectivity index (χ4v) is 1.39. The minimum Gasteiger partial charge on any atom is -0.324 e. The number of alkyl halides is 3. The lowest BCUT2D eigenvalue weighted by atomic mass is 10.0. The second-order valence-corrected chi connectivity index (χ2v) is 5.04. The van der Waals surface area contributed by atoms with Crippen LogP contribution in [0.15, 0.2) is 22.7 Å². The van der Waals surface area contributed by atoms with Crippen LogP contribution in [0, 0.1) is 0 Å². The lowest BCUT2D eigenvalue weighted by Gasteiger charge is -2.26. The summed E-state index contributed by atoms with van der Waals surface area (Å²) in [5.41, 5.74) is 2.14. The molecule has 1 aromatic rings. The number of rotatable bonds is 2. The monoisotopic (exact) mass is 344 g/mol. The van der Waals surface area contributed by atoms with E-state index in [1.807, 2.05) is 0 Å². The van der Waals surface area contributed by atoms with Gasteiger partial charge in [0.25, 0.3) is 5.91 Å². The van der Waals surface area contributed by atoms with Gasteiger partial charge in [-0.05, 0) is 41.1 Å². The summed E-state index contributed by atoms with van der Waals surface area (Å²) in [5.74, 6) is -1.35. The molecule has 0 fully saturated rings. The van der Waals surface area contributed by atoms with Gasteiger partial charge in [-0.1, -0.05) is 11.6 Å². The minimum atomic E-state index is -4.84. The van der Waals surface area contributed by atoms with Gasteiger partial charge in [0.1, 0.15) is 0 Å². The maximum absolute atomic E-state index is 12.5. The first kappa shape index (κ1) is 15.3. The summed E-state index contributed by atoms with van der Waals surface area (Å²) >= 11 is 8.87. The maximum atomic E-state index is 12.5. The molecule has 1 unspecified atom stereocenters. The van der Waals surface area contributed by atoms with Crippen molar-refractivity contribution in [1.82, 2.24) is 0 Å². The van der Waals surface area contributed by atoms with Crippen LogP contribution in [0.3, 0.4) is 0 Å². The topological polar surface area (TPSA) is 55.1 Å². The highest BCUT2D eigenvalue weighted by Gasteiger charge is 2.53. The molecular weight excluding hydrogens is 336 g/mol. The first-order chi connectivity index (χ1) is 8.05. The van der Waals surface area contributed by atoms with E-state index in [1.165, 1.54) is 18.2 Å². The normalized spacial score (nSPS) is 15.1. The molecule has 3 nitrogen and oxygen atoms in total. The first-order valence-corrected chi connectivity index (χ1v) is 5.85. The summed E-state index contributed by atoms with van der Waals surface area (Å²) in [4.78, 5) is 11.5. The second kappa shape index (κ2) is 5.07. The molecule has 18 heavy (non-hydrogen) atoms. The molecule has 8 heteroatoms. The van der Waals surface area contributed by atoms with Crippen molar-refractivity contribution in [2.75, 3.05) is 5.32 Å². The number of benzene rings is 1. The first-order valence-electron chi connectivity index (χ1n) is 4.68. The molecule has 0 aliphatic heterocycles. The van der Waals surface area contributed by atoms with Crippen molar-refractivity contribution in [3.05, 3.63) is 27.7 Å². The van der Waals surface area contributed by atoms with E-state index in [-0.39, 0.29) is 10.7 Å². The molecule has 3 N–H and O–H groups in total. The van der Waals surface area contributed by atoms with E-state index in [0.29, 0.717) is 11.4 Å². The lowest BCUT2D eigenvalue weighted by molar-refractivity contribution is -0.184. The number of nitrogens with one attached hydrogen (secondary N) is 1. The van der Waals surface area contributed by atoms with Gasteiger partial charge in [0.2, 0.25) is 0 Å². The number of carbonyl (C=O) groups is 1. The van der Waals surface area contributed by atoms with E-state index in [1.54, 1.807) is 0 Å². The maximum Gasteiger partial charge on any atom is 0.415 e. The highest BCUT2D eigenvalue weighted by molar-refractivity contribution is 9.10. The molecule has 100 valence electrons. The van der Waals surface area contributed by atoms with Gasteiger partial charge in [0, 0.05) is 10.2 Å². The van der Waals surface area contributed by atoms with E-state index in [9.17, 15) is 18.0 Å². The largest absolute Gasteiger partial charge is 0.415 e. The van der Waals surface area contributed by atoms with E-state index < -0.39 is 17.6 Å². The smallest absolute Gasteiger partial charge is 0.324 e. The molecule has 0 aliphatic carbocycles. The molecular formula is C10H9BrClF3N2O. The van der Waals surface area contributed by atoms with Crippen LogP contribution in [-0.4, -0.2) is 17.6 Å². The quantitative estimate of drug-likeness (QED) is 0.864. The molecule has 1 rings (SSSR count). The molecule has 0 aliphatic rings. The van der Waals surface area contributed by atoms with Crippen molar-refractivity contribution < 1.29 is 18.0 Å². The molecule has 0 bridgehead atoms. The minimum absolute atomic E-state index is 0.133. The Hall–Kier alpha value is -0.790. The molecule has 0 saturated heterocycles. The Morgan fingerprint density at radius 2 is 2.00 bits per heavy atom. The van der Waals surface area contributed by atoms with Gasteiger partial charge >= 0.3 is 6.18 Å². The summed E-state index contributed by atoms with van der Waals surface area (Å²) in [7, 11) is 0. The molecule has 0 radical (unpaired) electrons. The van der Waals surface area contributed by atoms with Crippen molar-refractivity contribution in [3.8, 4) is 0 Å². The summed E-state index contributed by atoms with van der Waals surface area (Å²) in [6, 6.07) is 4.22. The van der Waals surface area contributed by atoms with E-state index in [4.69, 9.17) is 17.3 Å². The Bertz CT molecular complexity index is 477. The van der Waals surface area contributed by atoms with Gasteiger partial charge in [0.05, 0.1) is 5.02 Å². The molecule has 0 aromatic heterocycles. The molecule has 1 atom stereocenters. The zero-order valence-corrected chi connectivity index (χ0v) is 11.4. The summed E-state index contributed by atoms with van der Waals surface area (Å²) < 4.78 is 38.1. The fourth-order valence-electron chi connectivity index (χ4n) is 0.964. The Labute approximate surface area is 115 Å². The highest BCUT2D eigenvalue weighted by atomic mass is 79.9. The van der Waals surface area contributed by atoms with Gasteiger partial charge in [-0.15, -0.1) is 0 Å². The molecule has 1 aromatic carbocycles. The van der Waals surface area contributed by atoms with E-state index >= 15 is 0 Å². The average molecular weight is 346 g/mol. The zero-order valence-electron chi connectivity index (χ0n) is 9.11. The summed E-state index contributed by atoms with van der Waals surface area (Å²) in [6.45, 7) is 0.600. The third-order valence-electron chi connectivity index (χ3n) is 2.24. The van der Waals surface area contributed by atoms with Crippen LogP contribution in [0.4, 0.5) is 18.9 Å². The van der Waals surface area contributed by atoms with E-state index in [0.717, 1.165) is 0 Å². The SMILES string of the molecule is CC(N)(C(=O)Nc1ccc(Br)c(Cl)c1)C(F)(F)F. The van der Waals surface area contributed by atoms with Crippen molar-refractivity contribution in [1.29, 1.82) is 0 Å². The lowest BCUT2D eigenvalue weighted by Crippen LogP contribution is -2.59. The number of halogens is 5. The van der Waals surface area contributed by atoms with Crippen LogP contribution in [-0.2, 0) is 4.79 Å². The van der Waals surface area contributed by atoms with Gasteiger partial charge in [-0.2, -0.15) is 13.2 Å². The number of hydrogen-bond acceptors (Lipinski definition) is 2. The summed E-state index contributed by atoms with van der Waals surface area (Å²) in [5, 5.41) is 2.33. The van der Waals surface area contributed by atoms with Crippen LogP contribution in [0.5, 0.6) is 0 Å². The van der Waals surface area contributed by atoms with Gasteiger partial charge in [0.15, 0.2) is 5.54 Å². The number of hydrogen-bond donors (Lipinski definition) is 2. The van der Waals surface area contributed by atoms with Crippen molar-refractivity contribution >= 4 is 39.1 Å². The number of carbonyl (C=O) groups excluding carboxylic acids is 1. The number of nitrogens with two attached hydrogens (primary N) is 1. The molecule has 0 heterocycles. The Kier molecular flexibility index (Phi) is 4.30. The van der Waals surface area contributed by atoms with E-state index in [2.05, 4.69) is 21.2 Å². The van der Waals surface area contributed by atoms with Crippen LogP contribution >= 0.6 is 27.5 Å². The highest BCUT2D eigenvalue weighted by Crippen LogP contribution is 2.30. The molecule has 0 spiro atoms. The van der Waals surface area contributed by atoms with Crippen molar-refractivity contribution in [2.45, 2.75) is 18.6 Å². The van der Waals surface area contributed by atoms with Crippen molar-refractivity contribution in [3.63, 3.8) is 0 Å². The number of amides is 1. The third kappa shape index (κ3) is 3.15. The van der Waals surface area contributed by atoms with Gasteiger partial charge < -0.3 is 11.1 Å². The predicted molar refractivity (Wildman–Crippen MR) is 66.4 cm³/mol. The van der Waals surface area contributed by atoms with Gasteiger partial charge in [-0.25, -0.2) is 0 Å². The third-order valence-corrected chi connectivity index (χ3v) is 3.47. The second-order valence-electron chi connectivity index (χ2n) is 3.78. The Balaban J connectivity index is 2.91. The van der Waals surface area contributed by atoms with Gasteiger partial charge in [-0.3, -0.25) is 4.79 Å². The predicted octanol–water partition coefficient (Wildman–Crippen LogP) is 3.32. The Morgan fingerprint density at radius 1 is 1.44 bits per heavy atom. The van der Waals surface area contributed by atoms with Crippen LogP contribution in [0.25, 0.3) is 0 Å². The zero-order chi connectivity index (χ0) is 14.1. The molecule has 0 saturated carbocycles. The van der Waals surface area contributed by atoms with Crippen molar-refractivity contribution in [2.24, 2.45) is 5.73 Å². The fraction of sp³-hybridized carbons (Fsp3) is 0.300. The number of anilines is 1. The summed E-state index contributed by atoms with van der Waals surface area (Å²) in [6.07, 6.45) is -4.84.